The van der Waals surface area contributed by atoms with Gasteiger partial charge in [0.1, 0.15) is 17.2 Å². The summed E-state index contributed by atoms with van der Waals surface area (Å²) in [5.41, 5.74) is 0.347. The zero-order valence-electron chi connectivity index (χ0n) is 47.8. The number of sulfonamides is 3. The number of nitrogens with zero attached hydrogens (tertiary/aromatic N) is 3. The van der Waals surface area contributed by atoms with Crippen molar-refractivity contribution in [1.29, 1.82) is 0 Å². The van der Waals surface area contributed by atoms with Crippen LogP contribution in [0, 0.1) is 0 Å². The number of rotatable bonds is 24. The Morgan fingerprint density at radius 3 is 1.06 bits per heavy atom. The molecule has 0 spiro atoms. The zero-order chi connectivity index (χ0) is 60.1. The molecule has 450 valence electrons. The number of carbonyl (C=O) groups is 6. The molecule has 6 rings (SSSR count). The van der Waals surface area contributed by atoms with E-state index in [4.69, 9.17) is 14.2 Å². The highest BCUT2D eigenvalue weighted by Gasteiger charge is 2.29. The van der Waals surface area contributed by atoms with Crippen molar-refractivity contribution in [2.24, 2.45) is 0 Å². The molecule has 24 nitrogen and oxygen atoms in total. The Hall–Kier alpha value is -6.39. The van der Waals surface area contributed by atoms with Gasteiger partial charge in [0.15, 0.2) is 0 Å². The Balaban J connectivity index is 0.000000262. The van der Waals surface area contributed by atoms with Gasteiger partial charge in [0.25, 0.3) is 47.8 Å². The molecule has 3 heterocycles. The van der Waals surface area contributed by atoms with Gasteiger partial charge in [-0.05, 0) is 139 Å². The van der Waals surface area contributed by atoms with Crippen LogP contribution >= 0.6 is 0 Å². The maximum atomic E-state index is 12.7. The first-order valence-corrected chi connectivity index (χ1v) is 31.6. The van der Waals surface area contributed by atoms with Crippen LogP contribution in [0.2, 0.25) is 0 Å². The summed E-state index contributed by atoms with van der Waals surface area (Å²) in [6.45, 7) is 18.0. The Kier molecular flexibility index (Phi) is 26.3. The van der Waals surface area contributed by atoms with Crippen molar-refractivity contribution < 1.29 is 68.2 Å². The second-order valence-corrected chi connectivity index (χ2v) is 24.4. The van der Waals surface area contributed by atoms with Gasteiger partial charge in [-0.2, -0.15) is 0 Å². The number of benzene rings is 3. The zero-order valence-corrected chi connectivity index (χ0v) is 50.3. The lowest BCUT2D eigenvalue weighted by molar-refractivity contribution is -0.120. The Morgan fingerprint density at radius 2 is 0.790 bits per heavy atom. The van der Waals surface area contributed by atoms with Gasteiger partial charge in [-0.15, -0.1) is 0 Å². The molecule has 81 heavy (non-hydrogen) atoms. The monoisotopic (exact) mass is 1190 g/mol. The predicted octanol–water partition coefficient (Wildman–Crippen LogP) is 3.37. The van der Waals surface area contributed by atoms with Crippen LogP contribution in [-0.4, -0.2) is 174 Å². The van der Waals surface area contributed by atoms with Crippen LogP contribution in [0.25, 0.3) is 0 Å². The van der Waals surface area contributed by atoms with E-state index in [0.717, 1.165) is 84.7 Å². The van der Waals surface area contributed by atoms with Crippen molar-refractivity contribution in [3.8, 4) is 17.2 Å². The fraction of sp³-hybridized carbons (Fsp3) is 0.556. The molecule has 3 saturated heterocycles. The average Bonchev–Trinajstić information content (AvgIpc) is 4.24. The first-order valence-electron chi connectivity index (χ1n) is 27.2. The third-order valence-electron chi connectivity index (χ3n) is 14.0. The molecule has 0 saturated carbocycles. The van der Waals surface area contributed by atoms with Crippen LogP contribution < -0.4 is 44.3 Å². The quantitative estimate of drug-likeness (QED) is 0.0749. The molecule has 3 aliphatic heterocycles. The van der Waals surface area contributed by atoms with Gasteiger partial charge in [0.05, 0.1) is 52.7 Å². The fourth-order valence-electron chi connectivity index (χ4n) is 9.66. The third-order valence-corrected chi connectivity index (χ3v) is 18.1. The van der Waals surface area contributed by atoms with Crippen molar-refractivity contribution in [1.82, 2.24) is 44.8 Å². The second-order valence-electron chi connectivity index (χ2n) is 19.3. The number of amides is 6. The molecule has 3 aromatic carbocycles. The number of nitrogens with one attached hydrogen (secondary N) is 6. The normalized spacial score (nSPS) is 17.5. The number of hydrogen-bond acceptors (Lipinski definition) is 18. The standard InChI is InChI=1S/C19H29N3O5S.C18H27N3O5S.C17H25N3O5S/c1-4-7-18(23)21-28(25,26)15-9-10-17(27-3)16(12-15)19(24)20-13-14-8-6-11-22(14)5-2;1-4-17(22)20-27(24,25)14-8-9-16(26-3)15(11-14)18(23)19-12-13-7-6-10-21(13)5-2;1-4-20-9-5-6-13(20)11-18-17(22)15-10-14(7-8-16(15)25-3)26(23,24)19-12(2)21/h9-10,12,14H,4-8,11,13H2,1-3H3,(H,20,24)(H,21,23);8-9,11,13H,4-7,10,12H2,1-3H3,(H,19,23)(H,20,22);7-8,10,13H,4-6,9,11H2,1-3H3,(H,18,22)(H,19,21). The van der Waals surface area contributed by atoms with Crippen LogP contribution in [0.1, 0.15) is 130 Å². The minimum absolute atomic E-state index is 0.0397. The summed E-state index contributed by atoms with van der Waals surface area (Å²) in [6, 6.07) is 12.6. The lowest BCUT2D eigenvalue weighted by Gasteiger charge is -2.23. The summed E-state index contributed by atoms with van der Waals surface area (Å²) < 4.78 is 95.3. The van der Waals surface area contributed by atoms with E-state index in [1.54, 1.807) is 13.8 Å². The summed E-state index contributed by atoms with van der Waals surface area (Å²) >= 11 is 0. The topological polar surface area (TPSA) is 314 Å². The van der Waals surface area contributed by atoms with E-state index in [1.807, 2.05) is 14.2 Å². The first-order chi connectivity index (χ1) is 38.4. The number of hydrogen-bond donors (Lipinski definition) is 6. The summed E-state index contributed by atoms with van der Waals surface area (Å²) in [5, 5.41) is 8.60. The van der Waals surface area contributed by atoms with Crippen molar-refractivity contribution >= 4 is 65.5 Å². The van der Waals surface area contributed by atoms with Crippen molar-refractivity contribution in [3.05, 3.63) is 71.3 Å². The fourth-order valence-corrected chi connectivity index (χ4v) is 12.8. The Bertz CT molecular complexity index is 3020. The lowest BCUT2D eigenvalue weighted by atomic mass is 10.1. The van der Waals surface area contributed by atoms with Crippen LogP contribution in [0.4, 0.5) is 0 Å². The predicted molar refractivity (Wildman–Crippen MR) is 304 cm³/mol. The summed E-state index contributed by atoms with van der Waals surface area (Å²) in [7, 11) is -7.88. The van der Waals surface area contributed by atoms with Gasteiger partial charge in [0.2, 0.25) is 17.7 Å². The highest BCUT2D eigenvalue weighted by Crippen LogP contribution is 2.27. The number of methoxy groups -OCH3 is 3. The minimum Gasteiger partial charge on any atom is -0.496 e. The van der Waals surface area contributed by atoms with E-state index in [0.29, 0.717) is 26.1 Å². The first kappa shape index (κ1) is 67.1. The van der Waals surface area contributed by atoms with Crippen molar-refractivity contribution in [3.63, 3.8) is 0 Å². The van der Waals surface area contributed by atoms with Gasteiger partial charge < -0.3 is 30.2 Å². The van der Waals surface area contributed by atoms with Gasteiger partial charge >= 0.3 is 0 Å². The van der Waals surface area contributed by atoms with Crippen LogP contribution in [0.15, 0.2) is 69.3 Å². The molecule has 3 aliphatic rings. The molecule has 6 N–H and O–H groups in total. The summed E-state index contributed by atoms with van der Waals surface area (Å²) in [5.74, 6) is -2.31. The number of likely N-dealkylation sites (tertiary alicyclic amines) is 3. The van der Waals surface area contributed by atoms with Crippen LogP contribution in [0.3, 0.4) is 0 Å². The van der Waals surface area contributed by atoms with Gasteiger partial charge in [-0.3, -0.25) is 43.5 Å². The second kappa shape index (κ2) is 31.7. The molecule has 0 radical (unpaired) electrons. The van der Waals surface area contributed by atoms with Gasteiger partial charge in [-0.25, -0.2) is 39.4 Å². The largest absolute Gasteiger partial charge is 0.496 e. The minimum atomic E-state index is -4.05. The molecular formula is C54H81N9O15S3. The maximum Gasteiger partial charge on any atom is 0.264 e. The number of carbonyl (C=O) groups excluding carboxylic acids is 6. The van der Waals surface area contributed by atoms with E-state index in [1.165, 1.54) is 75.9 Å². The van der Waals surface area contributed by atoms with E-state index >= 15 is 0 Å². The number of ether oxygens (including phenoxy) is 3. The third kappa shape index (κ3) is 19.4. The summed E-state index contributed by atoms with van der Waals surface area (Å²) in [6.07, 6.45) is 7.03. The van der Waals surface area contributed by atoms with E-state index in [2.05, 4.69) is 51.4 Å². The van der Waals surface area contributed by atoms with Crippen molar-refractivity contribution in [2.75, 3.05) is 80.2 Å². The lowest BCUT2D eigenvalue weighted by Crippen LogP contribution is -2.40. The average molecular weight is 1190 g/mol. The number of likely N-dealkylation sites (N-methyl/N-ethyl adjacent to an activating group) is 3. The van der Waals surface area contributed by atoms with Crippen molar-refractivity contribution in [2.45, 2.75) is 132 Å². The smallest absolute Gasteiger partial charge is 0.264 e. The van der Waals surface area contributed by atoms with Gasteiger partial charge in [-0.1, -0.05) is 34.6 Å². The highest BCUT2D eigenvalue weighted by atomic mass is 32.2. The molecule has 6 amide bonds. The molecular weight excluding hydrogens is 1110 g/mol. The molecule has 3 atom stereocenters. The molecule has 27 heteroatoms. The van der Waals surface area contributed by atoms with Crippen LogP contribution in [-0.2, 0) is 44.5 Å². The maximum absolute atomic E-state index is 12.7. The Morgan fingerprint density at radius 1 is 0.481 bits per heavy atom. The molecule has 3 fully saturated rings. The van der Waals surface area contributed by atoms with Gasteiger partial charge in [0, 0.05) is 57.5 Å². The van der Waals surface area contributed by atoms with Crippen LogP contribution in [0.5, 0.6) is 17.2 Å². The molecule has 3 aromatic rings. The summed E-state index contributed by atoms with van der Waals surface area (Å²) in [4.78, 5) is 78.6. The molecule has 0 bridgehead atoms. The highest BCUT2D eigenvalue weighted by molar-refractivity contribution is 7.90. The Labute approximate surface area is 477 Å². The van der Waals surface area contributed by atoms with E-state index in [-0.39, 0.29) is 79.6 Å². The molecule has 3 unspecified atom stereocenters. The SMILES string of the molecule is CCC(=O)NS(=O)(=O)c1ccc(OC)c(C(=O)NCC2CCCN2CC)c1.CCCC(=O)NS(=O)(=O)c1ccc(OC)c(C(=O)NCC2CCCN2CC)c1.CCN1CCCC1CNC(=O)c1cc(S(=O)(=O)NC(C)=O)ccc1OC. The van der Waals surface area contributed by atoms with E-state index in [9.17, 15) is 54.0 Å². The van der Waals surface area contributed by atoms with E-state index < -0.39 is 65.5 Å². The molecule has 0 aliphatic carbocycles. The molecule has 0 aromatic heterocycles.